The zero-order chi connectivity index (χ0) is 24.1. The first-order valence-corrected chi connectivity index (χ1v) is 13.1. The number of carbonyl (C=O) groups is 2. The van der Waals surface area contributed by atoms with E-state index in [2.05, 4.69) is 17.5 Å². The number of aliphatic hydroxyl groups excluding tert-OH is 1. The van der Waals surface area contributed by atoms with Crippen molar-refractivity contribution in [2.24, 2.45) is 11.8 Å². The second-order valence-corrected chi connectivity index (χ2v) is 11.6. The second kappa shape index (κ2) is 9.10. The van der Waals surface area contributed by atoms with Gasteiger partial charge in [0.2, 0.25) is 17.1 Å². The number of rotatable bonds is 8. The number of thioether (sulfide) groups is 1. The van der Waals surface area contributed by atoms with Crippen LogP contribution in [-0.2, 0) is 16.1 Å². The summed E-state index contributed by atoms with van der Waals surface area (Å²) >= 11 is 3.19. The number of aromatic nitrogens is 2. The molecule has 2 fully saturated rings. The van der Waals surface area contributed by atoms with E-state index < -0.39 is 18.0 Å². The van der Waals surface area contributed by atoms with E-state index in [1.807, 2.05) is 34.6 Å². The number of carbonyl (C=O) groups excluding carboxylic acids is 1. The van der Waals surface area contributed by atoms with Gasteiger partial charge in [-0.15, -0.1) is 11.8 Å². The molecule has 8 nitrogen and oxygen atoms in total. The number of aliphatic carboxylic acids is 1. The quantitative estimate of drug-likeness (QED) is 0.373. The SMILES string of the molecule is C[C@@H](O)[C@H]1C(=O)N2C(C(=O)O)=C(S[C@@H]3CN[C@H](/C=C/c4cn5c[n+](CCF)cc5s4)C3)[C@H](C)[C@H]12. The number of alkyl halides is 1. The van der Waals surface area contributed by atoms with Crippen molar-refractivity contribution >= 4 is 45.9 Å². The van der Waals surface area contributed by atoms with E-state index in [1.54, 1.807) is 30.0 Å². The van der Waals surface area contributed by atoms with Gasteiger partial charge in [0.05, 0.1) is 22.9 Å². The summed E-state index contributed by atoms with van der Waals surface area (Å²) in [4.78, 5) is 28.8. The van der Waals surface area contributed by atoms with Crippen LogP contribution in [0.1, 0.15) is 25.1 Å². The van der Waals surface area contributed by atoms with Crippen molar-refractivity contribution in [3.63, 3.8) is 0 Å². The number of nitrogens with one attached hydrogen (secondary N) is 1. The normalized spacial score (nSPS) is 29.9. The molecule has 2 aromatic heterocycles. The average molecular weight is 508 g/mol. The fourth-order valence-electron chi connectivity index (χ4n) is 5.25. The van der Waals surface area contributed by atoms with E-state index in [1.165, 1.54) is 4.90 Å². The Hall–Kier alpha value is -2.21. The Morgan fingerprint density at radius 1 is 1.50 bits per heavy atom. The van der Waals surface area contributed by atoms with Crippen molar-refractivity contribution in [1.29, 1.82) is 0 Å². The molecule has 34 heavy (non-hydrogen) atoms. The standard InChI is InChI=1S/C23H27FN4O4S2/c1-12-19-18(13(2)29)22(30)28(19)20(23(31)32)21(12)34-16-7-14(25-8-16)3-4-15-9-27-11-26(6-5-24)10-17(27)33-15/h3-4,9-14,16,18-19,25,29H,5-8H2,1-2H3/p+1/b4-3+/t12-,13-,14-,16+,18-,19-/m1/s1. The highest BCUT2D eigenvalue weighted by molar-refractivity contribution is 8.03. The summed E-state index contributed by atoms with van der Waals surface area (Å²) in [5.74, 6) is -2.03. The molecule has 6 atom stereocenters. The van der Waals surface area contributed by atoms with Gasteiger partial charge in [-0.25, -0.2) is 13.8 Å². The fourth-order valence-corrected chi connectivity index (χ4v) is 7.70. The number of carboxylic acids is 1. The molecule has 0 aromatic carbocycles. The predicted octanol–water partition coefficient (Wildman–Crippen LogP) is 1.89. The third-order valence-corrected chi connectivity index (χ3v) is 9.37. The van der Waals surface area contributed by atoms with Crippen molar-refractivity contribution in [3.8, 4) is 0 Å². The lowest BCUT2D eigenvalue weighted by Gasteiger charge is -2.46. The van der Waals surface area contributed by atoms with Gasteiger partial charge in [0.15, 0.2) is 0 Å². The Morgan fingerprint density at radius 2 is 2.29 bits per heavy atom. The summed E-state index contributed by atoms with van der Waals surface area (Å²) in [7, 11) is 0. The molecule has 2 saturated heterocycles. The number of aliphatic hydroxyl groups is 1. The maximum atomic E-state index is 12.5. The van der Waals surface area contributed by atoms with Crippen LogP contribution in [0.4, 0.5) is 4.39 Å². The van der Waals surface area contributed by atoms with Crippen molar-refractivity contribution in [2.75, 3.05) is 13.2 Å². The molecule has 2 aromatic rings. The number of hydrogen-bond acceptors (Lipinski definition) is 6. The van der Waals surface area contributed by atoms with Gasteiger partial charge in [0.25, 0.3) is 0 Å². The molecule has 3 aliphatic rings. The topological polar surface area (TPSA) is 98.2 Å². The van der Waals surface area contributed by atoms with Crippen LogP contribution in [0.15, 0.2) is 35.4 Å². The lowest BCUT2D eigenvalue weighted by atomic mass is 9.79. The van der Waals surface area contributed by atoms with Crippen LogP contribution in [-0.4, -0.2) is 68.0 Å². The summed E-state index contributed by atoms with van der Waals surface area (Å²) in [5.41, 5.74) is 0.0859. The summed E-state index contributed by atoms with van der Waals surface area (Å²) in [6, 6.07) is -0.108. The lowest BCUT2D eigenvalue weighted by molar-refractivity contribution is -0.695. The number of thiazole rings is 1. The zero-order valence-corrected chi connectivity index (χ0v) is 20.6. The van der Waals surface area contributed by atoms with Gasteiger partial charge in [-0.1, -0.05) is 24.3 Å². The molecule has 5 rings (SSSR count). The fraction of sp³-hybridized carbons (Fsp3) is 0.522. The molecule has 5 heterocycles. The van der Waals surface area contributed by atoms with E-state index >= 15 is 0 Å². The molecule has 182 valence electrons. The van der Waals surface area contributed by atoms with E-state index in [-0.39, 0.29) is 41.5 Å². The predicted molar refractivity (Wildman–Crippen MR) is 128 cm³/mol. The minimum absolute atomic E-state index is 0.0859. The Morgan fingerprint density at radius 3 is 2.97 bits per heavy atom. The van der Waals surface area contributed by atoms with Gasteiger partial charge < -0.3 is 20.4 Å². The van der Waals surface area contributed by atoms with Crippen LogP contribution in [0, 0.1) is 11.8 Å². The average Bonchev–Trinajstić information content (AvgIpc) is 3.50. The second-order valence-electron chi connectivity index (χ2n) is 9.17. The molecule has 3 aliphatic heterocycles. The lowest BCUT2D eigenvalue weighted by Crippen LogP contribution is -2.63. The van der Waals surface area contributed by atoms with E-state index in [0.29, 0.717) is 6.54 Å². The Bertz CT molecular complexity index is 1160. The summed E-state index contributed by atoms with van der Waals surface area (Å²) in [6.07, 6.45) is 10.1. The number of hydrogen-bond donors (Lipinski definition) is 3. The summed E-state index contributed by atoms with van der Waals surface area (Å²) < 4.78 is 16.4. The first-order chi connectivity index (χ1) is 16.3. The zero-order valence-electron chi connectivity index (χ0n) is 18.9. The van der Waals surface area contributed by atoms with Gasteiger partial charge >= 0.3 is 5.97 Å². The molecule has 0 radical (unpaired) electrons. The Balaban J connectivity index is 1.24. The first kappa shape index (κ1) is 23.5. The highest BCUT2D eigenvalue weighted by Gasteiger charge is 2.60. The Kier molecular flexibility index (Phi) is 6.30. The maximum Gasteiger partial charge on any atom is 0.353 e. The van der Waals surface area contributed by atoms with Crippen LogP contribution in [0.5, 0.6) is 0 Å². The number of carboxylic acid groups (broad SMARTS) is 1. The largest absolute Gasteiger partial charge is 0.477 e. The van der Waals surface area contributed by atoms with Crippen LogP contribution in [0.25, 0.3) is 10.9 Å². The highest BCUT2D eigenvalue weighted by Crippen LogP contribution is 2.51. The monoisotopic (exact) mass is 507 g/mol. The van der Waals surface area contributed by atoms with E-state index in [9.17, 15) is 24.2 Å². The molecular formula is C23H28FN4O4S2+. The molecule has 0 unspecified atom stereocenters. The minimum Gasteiger partial charge on any atom is -0.477 e. The van der Waals surface area contributed by atoms with E-state index in [0.717, 1.165) is 27.6 Å². The van der Waals surface area contributed by atoms with E-state index in [4.69, 9.17) is 0 Å². The van der Waals surface area contributed by atoms with Gasteiger partial charge in [-0.2, -0.15) is 4.40 Å². The molecule has 1 amide bonds. The van der Waals surface area contributed by atoms with Crippen LogP contribution in [0.2, 0.25) is 0 Å². The number of amides is 1. The van der Waals surface area contributed by atoms with Gasteiger partial charge in [0, 0.05) is 28.7 Å². The third kappa shape index (κ3) is 3.98. The van der Waals surface area contributed by atoms with Crippen LogP contribution < -0.4 is 9.88 Å². The molecule has 11 heteroatoms. The van der Waals surface area contributed by atoms with Crippen molar-refractivity contribution in [1.82, 2.24) is 14.6 Å². The number of imidazole rings is 1. The summed E-state index contributed by atoms with van der Waals surface area (Å²) in [6.45, 7) is 4.26. The Labute approximate surface area is 204 Å². The molecule has 0 spiro atoms. The smallest absolute Gasteiger partial charge is 0.353 e. The highest BCUT2D eigenvalue weighted by atomic mass is 32.2. The maximum absolute atomic E-state index is 12.5. The third-order valence-electron chi connectivity index (χ3n) is 6.86. The van der Waals surface area contributed by atoms with Crippen molar-refractivity contribution in [3.05, 3.63) is 40.3 Å². The number of β-lactam (4-membered cyclic amide) rings is 1. The van der Waals surface area contributed by atoms with Crippen LogP contribution >= 0.6 is 23.1 Å². The number of halogens is 1. The molecule has 3 N–H and O–H groups in total. The van der Waals surface area contributed by atoms with Crippen molar-refractivity contribution < 1.29 is 28.8 Å². The van der Waals surface area contributed by atoms with Crippen molar-refractivity contribution in [2.45, 2.75) is 50.3 Å². The van der Waals surface area contributed by atoms with Gasteiger partial charge in [-0.3, -0.25) is 4.79 Å². The van der Waals surface area contributed by atoms with Crippen LogP contribution in [0.3, 0.4) is 0 Å². The number of nitrogens with zero attached hydrogens (tertiary/aromatic N) is 3. The molecular weight excluding hydrogens is 479 g/mol. The van der Waals surface area contributed by atoms with Gasteiger partial charge in [0.1, 0.15) is 31.3 Å². The molecule has 0 saturated carbocycles. The summed E-state index contributed by atoms with van der Waals surface area (Å²) in [5, 5.41) is 23.5. The molecule has 0 bridgehead atoms. The number of fused-ring (bicyclic) bond motifs is 2. The molecule has 0 aliphatic carbocycles. The van der Waals surface area contributed by atoms with Gasteiger partial charge in [-0.05, 0) is 19.4 Å². The number of aryl methyl sites for hydroxylation is 1. The minimum atomic E-state index is -1.08. The first-order valence-electron chi connectivity index (χ1n) is 11.4.